The summed E-state index contributed by atoms with van der Waals surface area (Å²) in [5.41, 5.74) is 3.42. The number of hydroxylamine groups is 1. The maximum atomic E-state index is 12.1. The molecule has 2 rings (SSSR count). The van der Waals surface area contributed by atoms with Crippen LogP contribution in [0.2, 0.25) is 0 Å². The van der Waals surface area contributed by atoms with Gasteiger partial charge in [0.15, 0.2) is 5.84 Å². The summed E-state index contributed by atoms with van der Waals surface area (Å²) in [4.78, 5) is 16.0. The summed E-state index contributed by atoms with van der Waals surface area (Å²) in [6.07, 6.45) is 1.65. The fraction of sp³-hybridized carbons (Fsp3) is 0.294. The molecule has 128 valence electrons. The fourth-order valence-electron chi connectivity index (χ4n) is 2.21. The molecule has 0 aliphatic rings. The highest BCUT2D eigenvalue weighted by Crippen LogP contribution is 2.14. The van der Waals surface area contributed by atoms with E-state index >= 15 is 0 Å². The molecule has 7 heteroatoms. The summed E-state index contributed by atoms with van der Waals surface area (Å²) in [5.74, 6) is 1.02. The molecule has 1 aromatic carbocycles. The van der Waals surface area contributed by atoms with Gasteiger partial charge in [-0.25, -0.2) is 0 Å². The smallest absolute Gasteiger partial charge is 0.250 e. The van der Waals surface area contributed by atoms with Gasteiger partial charge in [-0.1, -0.05) is 12.1 Å². The molecule has 1 heterocycles. The maximum absolute atomic E-state index is 12.1. The van der Waals surface area contributed by atoms with E-state index in [0.717, 1.165) is 11.3 Å². The number of benzene rings is 1. The van der Waals surface area contributed by atoms with Crippen molar-refractivity contribution in [3.63, 3.8) is 0 Å². The molecule has 24 heavy (non-hydrogen) atoms. The number of nitrogens with one attached hydrogen (secondary N) is 1. The quantitative estimate of drug-likeness (QED) is 0.345. The second-order valence-corrected chi connectivity index (χ2v) is 5.06. The van der Waals surface area contributed by atoms with Crippen LogP contribution in [0, 0.1) is 0 Å². The minimum Gasteiger partial charge on any atom is -0.491 e. The van der Waals surface area contributed by atoms with E-state index in [1.165, 1.54) is 6.07 Å². The number of aliphatic imine (C=N–C) groups is 1. The lowest BCUT2D eigenvalue weighted by Gasteiger charge is -2.11. The molecular weight excluding hydrogens is 310 g/mol. The minimum atomic E-state index is -0.141. The number of hydrogen-bond donors (Lipinski definition) is 2. The summed E-state index contributed by atoms with van der Waals surface area (Å²) in [6.45, 7) is 1.36. The topological polar surface area (TPSA) is 85.1 Å². The Morgan fingerprint density at radius 1 is 1.29 bits per heavy atom. The summed E-state index contributed by atoms with van der Waals surface area (Å²) in [7, 11) is 3.17. The molecule has 7 nitrogen and oxygen atoms in total. The first-order valence-corrected chi connectivity index (χ1v) is 7.46. The van der Waals surface area contributed by atoms with Crippen LogP contribution in [-0.2, 0) is 11.3 Å². The molecule has 0 atom stereocenters. The second kappa shape index (κ2) is 8.85. The van der Waals surface area contributed by atoms with Crippen LogP contribution in [0.3, 0.4) is 0 Å². The van der Waals surface area contributed by atoms with Gasteiger partial charge in [0.25, 0.3) is 5.56 Å². The number of aromatic nitrogens is 1. The lowest BCUT2D eigenvalue weighted by atomic mass is 10.2. The van der Waals surface area contributed by atoms with Crippen molar-refractivity contribution in [2.24, 2.45) is 4.99 Å². The van der Waals surface area contributed by atoms with Gasteiger partial charge in [-0.15, -0.1) is 0 Å². The third-order valence-electron chi connectivity index (χ3n) is 3.39. The van der Waals surface area contributed by atoms with E-state index in [1.807, 2.05) is 29.7 Å². The predicted molar refractivity (Wildman–Crippen MR) is 91.0 cm³/mol. The van der Waals surface area contributed by atoms with E-state index < -0.39 is 0 Å². The highest BCUT2D eigenvalue weighted by Gasteiger charge is 2.06. The van der Waals surface area contributed by atoms with Crippen LogP contribution < -0.4 is 15.8 Å². The van der Waals surface area contributed by atoms with Gasteiger partial charge < -0.3 is 14.0 Å². The summed E-state index contributed by atoms with van der Waals surface area (Å²) >= 11 is 0. The molecule has 2 aromatic rings. The molecule has 0 fully saturated rings. The molecule has 1 aromatic heterocycles. The molecule has 0 bridgehead atoms. The molecule has 0 saturated carbocycles. The van der Waals surface area contributed by atoms with Crippen molar-refractivity contribution in [3.05, 3.63) is 64.1 Å². The summed E-state index contributed by atoms with van der Waals surface area (Å²) in [5, 5.41) is 9.07. The molecule has 0 spiro atoms. The third-order valence-corrected chi connectivity index (χ3v) is 3.39. The van der Waals surface area contributed by atoms with Crippen LogP contribution in [0.5, 0.6) is 5.75 Å². The zero-order valence-corrected chi connectivity index (χ0v) is 13.7. The van der Waals surface area contributed by atoms with Gasteiger partial charge in [0.1, 0.15) is 12.4 Å². The Bertz CT molecular complexity index is 755. The van der Waals surface area contributed by atoms with Gasteiger partial charge in [0, 0.05) is 32.0 Å². The average molecular weight is 331 g/mol. The molecule has 0 amide bonds. The molecular formula is C17H21N3O4. The van der Waals surface area contributed by atoms with Crippen LogP contribution in [0.4, 0.5) is 0 Å². The van der Waals surface area contributed by atoms with Crippen LogP contribution in [0.25, 0.3) is 0 Å². The fourth-order valence-corrected chi connectivity index (χ4v) is 2.21. The van der Waals surface area contributed by atoms with Crippen molar-refractivity contribution in [1.82, 2.24) is 10.0 Å². The van der Waals surface area contributed by atoms with Crippen molar-refractivity contribution in [2.45, 2.75) is 6.54 Å². The van der Waals surface area contributed by atoms with Crippen LogP contribution in [-0.4, -0.2) is 43.0 Å². The molecule has 0 unspecified atom stereocenters. The number of amidine groups is 1. The van der Waals surface area contributed by atoms with Crippen molar-refractivity contribution in [2.75, 3.05) is 27.4 Å². The number of methoxy groups -OCH3 is 1. The molecule has 0 radical (unpaired) electrons. The van der Waals surface area contributed by atoms with E-state index in [9.17, 15) is 4.79 Å². The standard InChI is InChI=1S/C17H21N3O4/c1-18-17(19-22)14-6-7-16(21)20(12-14)11-13-4-3-5-15(10-13)24-9-8-23-2/h3-7,10,12,22H,8-9,11H2,1-2H3,(H,18,19). The number of nitrogens with zero attached hydrogens (tertiary/aromatic N) is 2. The number of rotatable bonds is 7. The largest absolute Gasteiger partial charge is 0.491 e. The molecule has 0 aliphatic heterocycles. The van der Waals surface area contributed by atoms with Crippen LogP contribution >= 0.6 is 0 Å². The van der Waals surface area contributed by atoms with Gasteiger partial charge in [0.05, 0.1) is 13.2 Å². The number of ether oxygens (including phenoxy) is 2. The van der Waals surface area contributed by atoms with Gasteiger partial charge in [-0.05, 0) is 23.8 Å². The second-order valence-electron chi connectivity index (χ2n) is 5.06. The Morgan fingerprint density at radius 3 is 2.83 bits per heavy atom. The number of pyridine rings is 1. The Labute approximate surface area is 140 Å². The summed E-state index contributed by atoms with van der Waals surface area (Å²) < 4.78 is 12.1. The Hall–Kier alpha value is -2.64. The van der Waals surface area contributed by atoms with E-state index in [2.05, 4.69) is 4.99 Å². The molecule has 0 aliphatic carbocycles. The van der Waals surface area contributed by atoms with E-state index in [1.54, 1.807) is 31.0 Å². The first-order chi connectivity index (χ1) is 11.7. The monoisotopic (exact) mass is 331 g/mol. The molecule has 0 saturated heterocycles. The van der Waals surface area contributed by atoms with Crippen molar-refractivity contribution >= 4 is 5.84 Å². The lowest BCUT2D eigenvalue weighted by Crippen LogP contribution is -2.25. The summed E-state index contributed by atoms with van der Waals surface area (Å²) in [6, 6.07) is 10.6. The lowest BCUT2D eigenvalue weighted by molar-refractivity contribution is 0.146. The van der Waals surface area contributed by atoms with Gasteiger partial charge in [-0.3, -0.25) is 20.5 Å². The number of hydrogen-bond acceptors (Lipinski definition) is 5. The highest BCUT2D eigenvalue weighted by atomic mass is 16.5. The first kappa shape index (κ1) is 17.7. The zero-order valence-electron chi connectivity index (χ0n) is 13.7. The Morgan fingerprint density at radius 2 is 2.12 bits per heavy atom. The molecule has 2 N–H and O–H groups in total. The maximum Gasteiger partial charge on any atom is 0.250 e. The Balaban J connectivity index is 2.20. The van der Waals surface area contributed by atoms with Crippen molar-refractivity contribution in [3.8, 4) is 5.75 Å². The predicted octanol–water partition coefficient (Wildman–Crippen LogP) is 1.28. The minimum absolute atomic E-state index is 0.141. The zero-order chi connectivity index (χ0) is 17.4. The Kier molecular flexibility index (Phi) is 6.53. The van der Waals surface area contributed by atoms with E-state index in [4.69, 9.17) is 14.7 Å². The highest BCUT2D eigenvalue weighted by molar-refractivity contribution is 5.97. The SMILES string of the molecule is CN=C(NO)c1ccc(=O)n(Cc2cccc(OCCOC)c2)c1. The van der Waals surface area contributed by atoms with Crippen LogP contribution in [0.1, 0.15) is 11.1 Å². The van der Waals surface area contributed by atoms with Crippen LogP contribution in [0.15, 0.2) is 52.4 Å². The third kappa shape index (κ3) is 4.68. The van der Waals surface area contributed by atoms with Crippen molar-refractivity contribution in [1.29, 1.82) is 0 Å². The van der Waals surface area contributed by atoms with E-state index in [-0.39, 0.29) is 5.56 Å². The van der Waals surface area contributed by atoms with Gasteiger partial charge >= 0.3 is 0 Å². The van der Waals surface area contributed by atoms with Gasteiger partial charge in [-0.2, -0.15) is 0 Å². The normalized spacial score (nSPS) is 11.4. The van der Waals surface area contributed by atoms with Gasteiger partial charge in [0.2, 0.25) is 0 Å². The van der Waals surface area contributed by atoms with Crippen molar-refractivity contribution < 1.29 is 14.7 Å². The first-order valence-electron chi connectivity index (χ1n) is 7.46. The van der Waals surface area contributed by atoms with E-state index in [0.29, 0.717) is 31.2 Å². The average Bonchev–Trinajstić information content (AvgIpc) is 2.59.